The standard InChI is InChI=1S/C14H25NO4S/c1-14(2,3)19-13(17)15-11-6-8-20-7-5-10(11)9-12(16)18-4/h10-11H,5-9H2,1-4H3,(H,15,17). The first-order valence-electron chi connectivity index (χ1n) is 6.96. The van der Waals surface area contributed by atoms with Crippen LogP contribution in [0.1, 0.15) is 40.0 Å². The number of ether oxygens (including phenoxy) is 2. The molecule has 0 aromatic carbocycles. The van der Waals surface area contributed by atoms with Crippen molar-refractivity contribution < 1.29 is 19.1 Å². The molecule has 0 radical (unpaired) electrons. The van der Waals surface area contributed by atoms with Crippen LogP contribution < -0.4 is 5.32 Å². The second-order valence-corrected chi connectivity index (χ2v) is 7.21. The molecule has 0 aromatic heterocycles. The Morgan fingerprint density at radius 3 is 2.50 bits per heavy atom. The van der Waals surface area contributed by atoms with E-state index in [4.69, 9.17) is 9.47 Å². The molecule has 2 unspecified atom stereocenters. The fourth-order valence-corrected chi connectivity index (χ4v) is 3.27. The number of thioether (sulfide) groups is 1. The molecule has 1 aliphatic rings. The van der Waals surface area contributed by atoms with Crippen LogP contribution in [-0.4, -0.2) is 42.3 Å². The minimum Gasteiger partial charge on any atom is -0.469 e. The van der Waals surface area contributed by atoms with E-state index in [1.54, 1.807) is 0 Å². The summed E-state index contributed by atoms with van der Waals surface area (Å²) in [6.45, 7) is 5.50. The molecule has 1 amide bonds. The van der Waals surface area contributed by atoms with Gasteiger partial charge in [-0.25, -0.2) is 4.79 Å². The topological polar surface area (TPSA) is 64.6 Å². The number of methoxy groups -OCH3 is 1. The zero-order valence-corrected chi connectivity index (χ0v) is 13.5. The molecule has 6 heteroatoms. The molecular formula is C14H25NO4S. The molecular weight excluding hydrogens is 278 g/mol. The lowest BCUT2D eigenvalue weighted by Crippen LogP contribution is -2.43. The summed E-state index contributed by atoms with van der Waals surface area (Å²) >= 11 is 1.85. The lowest BCUT2D eigenvalue weighted by atomic mass is 9.92. The molecule has 0 aliphatic carbocycles. The molecule has 1 saturated heterocycles. The van der Waals surface area contributed by atoms with Crippen molar-refractivity contribution in [3.05, 3.63) is 0 Å². The van der Waals surface area contributed by atoms with E-state index in [2.05, 4.69) is 5.32 Å². The highest BCUT2D eigenvalue weighted by Crippen LogP contribution is 2.26. The summed E-state index contributed by atoms with van der Waals surface area (Å²) in [7, 11) is 1.39. The number of alkyl carbamates (subject to hydrolysis) is 1. The third-order valence-corrected chi connectivity index (χ3v) is 4.18. The van der Waals surface area contributed by atoms with Crippen molar-refractivity contribution in [3.63, 3.8) is 0 Å². The number of amides is 1. The first-order chi connectivity index (χ1) is 9.31. The van der Waals surface area contributed by atoms with E-state index >= 15 is 0 Å². The summed E-state index contributed by atoms with van der Waals surface area (Å²) in [4.78, 5) is 23.4. The minimum absolute atomic E-state index is 0.0288. The van der Waals surface area contributed by atoms with Crippen molar-refractivity contribution in [3.8, 4) is 0 Å². The van der Waals surface area contributed by atoms with Crippen LogP contribution in [0.5, 0.6) is 0 Å². The van der Waals surface area contributed by atoms with Gasteiger partial charge in [-0.2, -0.15) is 11.8 Å². The molecule has 1 heterocycles. The maximum Gasteiger partial charge on any atom is 0.407 e. The van der Waals surface area contributed by atoms with Crippen LogP contribution in [-0.2, 0) is 14.3 Å². The van der Waals surface area contributed by atoms with Gasteiger partial charge in [0.25, 0.3) is 0 Å². The molecule has 0 saturated carbocycles. The fourth-order valence-electron chi connectivity index (χ4n) is 2.17. The Bertz CT molecular complexity index is 341. The smallest absolute Gasteiger partial charge is 0.407 e. The Kier molecular flexibility index (Phi) is 6.65. The van der Waals surface area contributed by atoms with Crippen molar-refractivity contribution in [1.82, 2.24) is 5.32 Å². The van der Waals surface area contributed by atoms with Gasteiger partial charge in [-0.15, -0.1) is 0 Å². The summed E-state index contributed by atoms with van der Waals surface area (Å²) < 4.78 is 10.0. The Hall–Kier alpha value is -0.910. The van der Waals surface area contributed by atoms with Crippen LogP contribution >= 0.6 is 11.8 Å². The molecule has 1 N–H and O–H groups in total. The quantitative estimate of drug-likeness (QED) is 0.812. The van der Waals surface area contributed by atoms with Crippen LogP contribution in [0.15, 0.2) is 0 Å². The van der Waals surface area contributed by atoms with E-state index in [-0.39, 0.29) is 17.9 Å². The maximum absolute atomic E-state index is 11.9. The number of nitrogens with one attached hydrogen (secondary N) is 1. The van der Waals surface area contributed by atoms with Gasteiger partial charge in [0.15, 0.2) is 0 Å². The van der Waals surface area contributed by atoms with Gasteiger partial charge < -0.3 is 14.8 Å². The van der Waals surface area contributed by atoms with E-state index in [0.29, 0.717) is 6.42 Å². The minimum atomic E-state index is -0.512. The Balaban J connectivity index is 2.61. The van der Waals surface area contributed by atoms with Gasteiger partial charge in [-0.3, -0.25) is 4.79 Å². The summed E-state index contributed by atoms with van der Waals surface area (Å²) in [5, 5.41) is 2.91. The second kappa shape index (κ2) is 7.76. The molecule has 0 aromatic rings. The van der Waals surface area contributed by atoms with Crippen molar-refractivity contribution in [1.29, 1.82) is 0 Å². The SMILES string of the molecule is COC(=O)CC1CCSCCC1NC(=O)OC(C)(C)C. The highest BCUT2D eigenvalue weighted by molar-refractivity contribution is 7.99. The first kappa shape index (κ1) is 17.1. The van der Waals surface area contributed by atoms with Crippen molar-refractivity contribution >= 4 is 23.8 Å². The highest BCUT2D eigenvalue weighted by Gasteiger charge is 2.29. The molecule has 1 rings (SSSR count). The summed E-state index contributed by atoms with van der Waals surface area (Å²) in [5.74, 6) is 1.88. The Labute approximate surface area is 125 Å². The number of esters is 1. The fraction of sp³-hybridized carbons (Fsp3) is 0.857. The number of rotatable bonds is 3. The molecule has 116 valence electrons. The number of hydrogen-bond donors (Lipinski definition) is 1. The Morgan fingerprint density at radius 2 is 1.90 bits per heavy atom. The molecule has 1 fully saturated rings. The van der Waals surface area contributed by atoms with Crippen molar-refractivity contribution in [2.75, 3.05) is 18.6 Å². The average molecular weight is 303 g/mol. The third kappa shape index (κ3) is 6.50. The molecule has 0 bridgehead atoms. The van der Waals surface area contributed by atoms with Gasteiger partial charge in [0.1, 0.15) is 5.60 Å². The zero-order chi connectivity index (χ0) is 15.2. The summed E-state index contributed by atoms with van der Waals surface area (Å²) in [5.41, 5.74) is -0.512. The molecule has 2 atom stereocenters. The summed E-state index contributed by atoms with van der Waals surface area (Å²) in [6, 6.07) is -0.0288. The number of carbonyl (C=O) groups excluding carboxylic acids is 2. The van der Waals surface area contributed by atoms with Gasteiger partial charge in [0, 0.05) is 6.04 Å². The number of carbonyl (C=O) groups is 2. The predicted molar refractivity (Wildman–Crippen MR) is 79.8 cm³/mol. The van der Waals surface area contributed by atoms with Gasteiger partial charge in [-0.05, 0) is 51.0 Å². The molecule has 0 spiro atoms. The van der Waals surface area contributed by atoms with Crippen LogP contribution in [0.25, 0.3) is 0 Å². The van der Waals surface area contributed by atoms with Crippen LogP contribution in [0.3, 0.4) is 0 Å². The van der Waals surface area contributed by atoms with Gasteiger partial charge >= 0.3 is 12.1 Å². The highest BCUT2D eigenvalue weighted by atomic mass is 32.2. The largest absolute Gasteiger partial charge is 0.469 e. The van der Waals surface area contributed by atoms with Crippen LogP contribution in [0.4, 0.5) is 4.79 Å². The molecule has 1 aliphatic heterocycles. The third-order valence-electron chi connectivity index (χ3n) is 3.13. The van der Waals surface area contributed by atoms with Crippen LogP contribution in [0, 0.1) is 5.92 Å². The van der Waals surface area contributed by atoms with Gasteiger partial charge in [-0.1, -0.05) is 0 Å². The number of hydrogen-bond acceptors (Lipinski definition) is 5. The van der Waals surface area contributed by atoms with E-state index < -0.39 is 11.7 Å². The molecule has 5 nitrogen and oxygen atoms in total. The average Bonchev–Trinajstić information content (AvgIpc) is 2.53. The van der Waals surface area contributed by atoms with Gasteiger partial charge in [0.2, 0.25) is 0 Å². The van der Waals surface area contributed by atoms with Crippen molar-refractivity contribution in [2.45, 2.75) is 51.7 Å². The van der Waals surface area contributed by atoms with E-state index in [1.807, 2.05) is 32.5 Å². The normalized spacial score (nSPS) is 23.6. The van der Waals surface area contributed by atoms with E-state index in [9.17, 15) is 9.59 Å². The lowest BCUT2D eigenvalue weighted by Gasteiger charge is -2.27. The predicted octanol–water partition coefficient (Wildman–Crippen LogP) is 2.59. The Morgan fingerprint density at radius 1 is 1.25 bits per heavy atom. The van der Waals surface area contributed by atoms with Crippen molar-refractivity contribution in [2.24, 2.45) is 5.92 Å². The van der Waals surface area contributed by atoms with Crippen LogP contribution in [0.2, 0.25) is 0 Å². The monoisotopic (exact) mass is 303 g/mol. The van der Waals surface area contributed by atoms with Gasteiger partial charge in [0.05, 0.1) is 13.5 Å². The second-order valence-electron chi connectivity index (χ2n) is 5.98. The van der Waals surface area contributed by atoms with E-state index in [0.717, 1.165) is 24.3 Å². The first-order valence-corrected chi connectivity index (χ1v) is 8.11. The lowest BCUT2D eigenvalue weighted by molar-refractivity contribution is -0.142. The van der Waals surface area contributed by atoms with E-state index in [1.165, 1.54) is 7.11 Å². The molecule has 20 heavy (non-hydrogen) atoms. The summed E-state index contributed by atoms with van der Waals surface area (Å²) in [6.07, 6.45) is 1.69. The maximum atomic E-state index is 11.9. The zero-order valence-electron chi connectivity index (χ0n) is 12.7.